The van der Waals surface area contributed by atoms with Crippen LogP contribution >= 0.6 is 0 Å². The van der Waals surface area contributed by atoms with Crippen molar-refractivity contribution in [2.75, 3.05) is 7.11 Å². The number of benzene rings is 2. The molecular formula is C19H23NO. The van der Waals surface area contributed by atoms with Gasteiger partial charge in [0.1, 0.15) is 5.75 Å². The van der Waals surface area contributed by atoms with Gasteiger partial charge in [-0.05, 0) is 54.5 Å². The van der Waals surface area contributed by atoms with Crippen LogP contribution in [0.1, 0.15) is 48.4 Å². The molecule has 0 bridgehead atoms. The first kappa shape index (κ1) is 14.2. The number of hydrogen-bond acceptors (Lipinski definition) is 2. The van der Waals surface area contributed by atoms with Crippen LogP contribution in [0.15, 0.2) is 48.5 Å². The third-order valence-corrected chi connectivity index (χ3v) is 4.21. The largest absolute Gasteiger partial charge is 0.497 e. The fraction of sp³-hybridized carbons (Fsp3) is 0.368. The minimum atomic E-state index is 0.310. The van der Waals surface area contributed by atoms with Gasteiger partial charge in [0.2, 0.25) is 0 Å². The van der Waals surface area contributed by atoms with Crippen molar-refractivity contribution in [3.8, 4) is 5.75 Å². The van der Waals surface area contributed by atoms with E-state index in [-0.39, 0.29) is 0 Å². The van der Waals surface area contributed by atoms with Crippen LogP contribution in [0.2, 0.25) is 0 Å². The zero-order chi connectivity index (χ0) is 14.7. The van der Waals surface area contributed by atoms with E-state index < -0.39 is 0 Å². The smallest absolute Gasteiger partial charge is 0.119 e. The summed E-state index contributed by atoms with van der Waals surface area (Å²) < 4.78 is 5.29. The van der Waals surface area contributed by atoms with Gasteiger partial charge < -0.3 is 10.1 Å². The number of rotatable bonds is 6. The van der Waals surface area contributed by atoms with Crippen LogP contribution in [0, 0.1) is 0 Å². The lowest BCUT2D eigenvalue weighted by Gasteiger charge is -2.15. The molecule has 0 amide bonds. The summed E-state index contributed by atoms with van der Waals surface area (Å²) in [4.78, 5) is 0. The molecule has 0 spiro atoms. The Morgan fingerprint density at radius 1 is 1.14 bits per heavy atom. The molecule has 0 radical (unpaired) electrons. The second-order valence-electron chi connectivity index (χ2n) is 5.90. The van der Waals surface area contributed by atoms with Gasteiger partial charge in [-0.25, -0.2) is 0 Å². The highest BCUT2D eigenvalue weighted by Gasteiger charge is 2.23. The molecule has 110 valence electrons. The van der Waals surface area contributed by atoms with Crippen molar-refractivity contribution in [1.82, 2.24) is 5.32 Å². The molecule has 0 heterocycles. The summed E-state index contributed by atoms with van der Waals surface area (Å²) in [5, 5.41) is 3.60. The van der Waals surface area contributed by atoms with Gasteiger partial charge >= 0.3 is 0 Å². The quantitative estimate of drug-likeness (QED) is 0.846. The molecule has 0 unspecified atom stereocenters. The van der Waals surface area contributed by atoms with Crippen LogP contribution in [0.3, 0.4) is 0 Å². The number of hydrogen-bond donors (Lipinski definition) is 1. The van der Waals surface area contributed by atoms with Crippen LogP contribution in [0.4, 0.5) is 0 Å². The maximum absolute atomic E-state index is 5.29. The summed E-state index contributed by atoms with van der Waals surface area (Å²) >= 11 is 0. The fourth-order valence-electron chi connectivity index (χ4n) is 2.67. The Hall–Kier alpha value is -1.80. The normalized spacial score (nSPS) is 15.7. The van der Waals surface area contributed by atoms with E-state index in [2.05, 4.69) is 48.6 Å². The Morgan fingerprint density at radius 3 is 2.71 bits per heavy atom. The second-order valence-corrected chi connectivity index (χ2v) is 5.90. The van der Waals surface area contributed by atoms with Gasteiger partial charge in [0.25, 0.3) is 0 Å². The molecule has 0 aromatic heterocycles. The van der Waals surface area contributed by atoms with Crippen molar-refractivity contribution < 1.29 is 4.74 Å². The van der Waals surface area contributed by atoms with Gasteiger partial charge in [-0.2, -0.15) is 0 Å². The highest BCUT2D eigenvalue weighted by Crippen LogP contribution is 2.40. The molecule has 0 aliphatic heterocycles. The van der Waals surface area contributed by atoms with Crippen molar-refractivity contribution in [3.63, 3.8) is 0 Å². The van der Waals surface area contributed by atoms with E-state index in [1.807, 2.05) is 12.1 Å². The van der Waals surface area contributed by atoms with Gasteiger partial charge in [0.05, 0.1) is 7.11 Å². The SMILES string of the molecule is COc1cccc([C@H](C)NCc2cccc(C3CC3)c2)c1. The van der Waals surface area contributed by atoms with E-state index in [0.717, 1.165) is 18.2 Å². The molecule has 2 aromatic carbocycles. The second kappa shape index (κ2) is 6.31. The summed E-state index contributed by atoms with van der Waals surface area (Å²) in [6, 6.07) is 17.6. The summed E-state index contributed by atoms with van der Waals surface area (Å²) in [6.45, 7) is 3.10. The molecule has 1 aliphatic carbocycles. The first-order valence-corrected chi connectivity index (χ1v) is 7.72. The van der Waals surface area contributed by atoms with E-state index in [1.165, 1.54) is 29.5 Å². The average Bonchev–Trinajstić information content (AvgIpc) is 3.38. The minimum absolute atomic E-state index is 0.310. The zero-order valence-electron chi connectivity index (χ0n) is 12.8. The van der Waals surface area contributed by atoms with E-state index in [1.54, 1.807) is 7.11 Å². The van der Waals surface area contributed by atoms with E-state index in [0.29, 0.717) is 6.04 Å². The maximum Gasteiger partial charge on any atom is 0.119 e. The molecule has 1 fully saturated rings. The first-order chi connectivity index (χ1) is 10.3. The topological polar surface area (TPSA) is 21.3 Å². The van der Waals surface area contributed by atoms with Crippen molar-refractivity contribution >= 4 is 0 Å². The Morgan fingerprint density at radius 2 is 1.95 bits per heavy atom. The summed E-state index contributed by atoms with van der Waals surface area (Å²) in [6.07, 6.45) is 2.72. The van der Waals surface area contributed by atoms with Crippen molar-refractivity contribution in [2.24, 2.45) is 0 Å². The third kappa shape index (κ3) is 3.64. The molecule has 21 heavy (non-hydrogen) atoms. The monoisotopic (exact) mass is 281 g/mol. The molecule has 2 aromatic rings. The lowest BCUT2D eigenvalue weighted by Crippen LogP contribution is -2.18. The Labute approximate surface area is 127 Å². The molecule has 0 saturated heterocycles. The van der Waals surface area contributed by atoms with Crippen LogP contribution in [0.25, 0.3) is 0 Å². The highest BCUT2D eigenvalue weighted by molar-refractivity contribution is 5.31. The molecule has 1 atom stereocenters. The number of methoxy groups -OCH3 is 1. The van der Waals surface area contributed by atoms with Gasteiger partial charge in [-0.15, -0.1) is 0 Å². The van der Waals surface area contributed by atoms with Crippen LogP contribution in [-0.4, -0.2) is 7.11 Å². The summed E-state index contributed by atoms with van der Waals surface area (Å²) in [7, 11) is 1.71. The number of ether oxygens (including phenoxy) is 1. The van der Waals surface area contributed by atoms with Crippen LogP contribution < -0.4 is 10.1 Å². The lowest BCUT2D eigenvalue weighted by molar-refractivity contribution is 0.413. The third-order valence-electron chi connectivity index (χ3n) is 4.21. The van der Waals surface area contributed by atoms with E-state index >= 15 is 0 Å². The minimum Gasteiger partial charge on any atom is -0.497 e. The maximum atomic E-state index is 5.29. The van der Waals surface area contributed by atoms with Crippen molar-refractivity contribution in [3.05, 3.63) is 65.2 Å². The highest BCUT2D eigenvalue weighted by atomic mass is 16.5. The molecular weight excluding hydrogens is 258 g/mol. The lowest BCUT2D eigenvalue weighted by atomic mass is 10.1. The summed E-state index contributed by atoms with van der Waals surface area (Å²) in [5.74, 6) is 1.73. The standard InChI is InChI=1S/C19H23NO/c1-14(17-6-4-8-19(12-17)21-2)20-13-15-5-3-7-18(11-15)16-9-10-16/h3-8,11-12,14,16,20H,9-10,13H2,1-2H3/t14-/m0/s1. The molecule has 2 nitrogen and oxygen atoms in total. The van der Waals surface area contributed by atoms with Crippen molar-refractivity contribution in [1.29, 1.82) is 0 Å². The molecule has 1 aliphatic rings. The molecule has 1 N–H and O–H groups in total. The summed E-state index contributed by atoms with van der Waals surface area (Å²) in [5.41, 5.74) is 4.13. The zero-order valence-corrected chi connectivity index (χ0v) is 12.8. The molecule has 1 saturated carbocycles. The van der Waals surface area contributed by atoms with Gasteiger partial charge in [0.15, 0.2) is 0 Å². The average molecular weight is 281 g/mol. The van der Waals surface area contributed by atoms with Gasteiger partial charge in [-0.3, -0.25) is 0 Å². The first-order valence-electron chi connectivity index (χ1n) is 7.72. The number of nitrogens with one attached hydrogen (secondary N) is 1. The predicted molar refractivity (Wildman–Crippen MR) is 86.7 cm³/mol. The van der Waals surface area contributed by atoms with E-state index in [4.69, 9.17) is 4.74 Å². The molecule has 2 heteroatoms. The Bertz CT molecular complexity index is 604. The van der Waals surface area contributed by atoms with Crippen LogP contribution in [-0.2, 0) is 6.54 Å². The van der Waals surface area contributed by atoms with E-state index in [9.17, 15) is 0 Å². The van der Waals surface area contributed by atoms with Crippen molar-refractivity contribution in [2.45, 2.75) is 38.3 Å². The Kier molecular flexibility index (Phi) is 4.26. The van der Waals surface area contributed by atoms with Crippen LogP contribution in [0.5, 0.6) is 5.75 Å². The molecule has 3 rings (SSSR count). The van der Waals surface area contributed by atoms with Gasteiger partial charge in [-0.1, -0.05) is 36.4 Å². The Balaban J connectivity index is 1.62. The van der Waals surface area contributed by atoms with Gasteiger partial charge in [0, 0.05) is 12.6 Å². The predicted octanol–water partition coefficient (Wildman–Crippen LogP) is 4.42. The fourth-order valence-corrected chi connectivity index (χ4v) is 2.67.